The molecule has 2 atom stereocenters. The standard InChI is InChI=1S/C17H18N6O2/c1-23(9-6-11-4-2-3-7-18-11)17-19-8-5-12(20-17)10-13-14(24)22-16-15(21-13)25-16/h2-5,7-8,10,15-16,21H,6,9H2,1H3,(H,22,24)/b13-10-. The van der Waals surface area contributed by atoms with Gasteiger partial charge >= 0.3 is 0 Å². The number of fused-ring (bicyclic) bond motifs is 1. The second kappa shape index (κ2) is 6.48. The summed E-state index contributed by atoms with van der Waals surface area (Å²) in [5.41, 5.74) is 2.13. The van der Waals surface area contributed by atoms with Crippen molar-refractivity contribution in [2.45, 2.75) is 18.9 Å². The third-order valence-corrected chi connectivity index (χ3v) is 4.03. The fourth-order valence-electron chi connectivity index (χ4n) is 2.57. The number of pyridine rings is 1. The number of carbonyl (C=O) groups is 1. The van der Waals surface area contributed by atoms with Crippen molar-refractivity contribution in [1.29, 1.82) is 0 Å². The molecule has 4 rings (SSSR count). The highest BCUT2D eigenvalue weighted by Gasteiger charge is 2.45. The number of likely N-dealkylation sites (N-methyl/N-ethyl adjacent to an activating group) is 1. The second-order valence-electron chi connectivity index (χ2n) is 5.93. The zero-order valence-electron chi connectivity index (χ0n) is 13.7. The molecule has 8 heteroatoms. The molecule has 2 aliphatic rings. The number of epoxide rings is 1. The van der Waals surface area contributed by atoms with Crippen LogP contribution in [0.3, 0.4) is 0 Å². The summed E-state index contributed by atoms with van der Waals surface area (Å²) in [4.78, 5) is 27.0. The highest BCUT2D eigenvalue weighted by Crippen LogP contribution is 2.22. The summed E-state index contributed by atoms with van der Waals surface area (Å²) in [6.45, 7) is 0.743. The van der Waals surface area contributed by atoms with Crippen molar-refractivity contribution in [2.75, 3.05) is 18.5 Å². The highest BCUT2D eigenvalue weighted by molar-refractivity contribution is 5.98. The van der Waals surface area contributed by atoms with E-state index < -0.39 is 0 Å². The molecule has 0 saturated carbocycles. The first kappa shape index (κ1) is 15.5. The smallest absolute Gasteiger partial charge is 0.269 e. The Labute approximate surface area is 145 Å². The van der Waals surface area contributed by atoms with Gasteiger partial charge in [-0.25, -0.2) is 9.97 Å². The molecule has 25 heavy (non-hydrogen) atoms. The van der Waals surface area contributed by atoms with Gasteiger partial charge in [0.1, 0.15) is 5.70 Å². The van der Waals surface area contributed by atoms with Gasteiger partial charge in [-0.15, -0.1) is 0 Å². The molecule has 1 amide bonds. The van der Waals surface area contributed by atoms with E-state index in [0.29, 0.717) is 17.3 Å². The number of nitrogens with one attached hydrogen (secondary N) is 2. The number of amides is 1. The molecule has 8 nitrogen and oxygen atoms in total. The Morgan fingerprint density at radius 2 is 2.08 bits per heavy atom. The molecule has 128 valence electrons. The van der Waals surface area contributed by atoms with Gasteiger partial charge in [0, 0.05) is 38.1 Å². The minimum Gasteiger partial charge on any atom is -0.352 e. The number of ether oxygens (including phenoxy) is 1. The third-order valence-electron chi connectivity index (χ3n) is 4.03. The van der Waals surface area contributed by atoms with Crippen LogP contribution in [0.1, 0.15) is 11.4 Å². The van der Waals surface area contributed by atoms with Crippen molar-refractivity contribution in [2.24, 2.45) is 0 Å². The van der Waals surface area contributed by atoms with Crippen molar-refractivity contribution >= 4 is 17.9 Å². The molecule has 0 aromatic carbocycles. The van der Waals surface area contributed by atoms with Gasteiger partial charge in [-0.1, -0.05) is 6.07 Å². The van der Waals surface area contributed by atoms with Crippen LogP contribution in [-0.2, 0) is 16.0 Å². The number of aromatic nitrogens is 3. The van der Waals surface area contributed by atoms with Crippen LogP contribution >= 0.6 is 0 Å². The zero-order chi connectivity index (χ0) is 17.2. The zero-order valence-corrected chi connectivity index (χ0v) is 13.7. The molecule has 0 aliphatic carbocycles. The van der Waals surface area contributed by atoms with E-state index in [-0.39, 0.29) is 18.4 Å². The fourth-order valence-corrected chi connectivity index (χ4v) is 2.57. The number of piperazine rings is 1. The van der Waals surface area contributed by atoms with E-state index in [1.165, 1.54) is 0 Å². The first-order chi connectivity index (χ1) is 12.2. The molecule has 0 radical (unpaired) electrons. The van der Waals surface area contributed by atoms with Gasteiger partial charge in [0.25, 0.3) is 5.91 Å². The second-order valence-corrected chi connectivity index (χ2v) is 5.93. The maximum Gasteiger partial charge on any atom is 0.269 e. The maximum absolute atomic E-state index is 11.9. The Morgan fingerprint density at radius 3 is 2.92 bits per heavy atom. The van der Waals surface area contributed by atoms with E-state index in [1.54, 1.807) is 24.5 Å². The summed E-state index contributed by atoms with van der Waals surface area (Å²) in [5.74, 6) is 0.407. The molecular weight excluding hydrogens is 320 g/mol. The van der Waals surface area contributed by atoms with Crippen LogP contribution in [-0.4, -0.2) is 46.9 Å². The van der Waals surface area contributed by atoms with Crippen LogP contribution in [0.25, 0.3) is 6.08 Å². The van der Waals surface area contributed by atoms with E-state index in [2.05, 4.69) is 25.6 Å². The Balaban J connectivity index is 1.44. The summed E-state index contributed by atoms with van der Waals surface area (Å²) < 4.78 is 5.22. The lowest BCUT2D eigenvalue weighted by Crippen LogP contribution is -2.42. The molecule has 2 aromatic rings. The molecule has 2 N–H and O–H groups in total. The number of anilines is 1. The molecule has 2 aliphatic heterocycles. The van der Waals surface area contributed by atoms with E-state index in [9.17, 15) is 4.79 Å². The summed E-state index contributed by atoms with van der Waals surface area (Å²) in [5, 5.41) is 5.78. The van der Waals surface area contributed by atoms with Crippen molar-refractivity contribution < 1.29 is 9.53 Å². The number of hydrogen-bond acceptors (Lipinski definition) is 7. The minimum absolute atomic E-state index is 0.133. The quantitative estimate of drug-likeness (QED) is 0.598. The Bertz CT molecular complexity index is 810. The van der Waals surface area contributed by atoms with Gasteiger partial charge in [-0.2, -0.15) is 0 Å². The van der Waals surface area contributed by atoms with Crippen LogP contribution in [0.5, 0.6) is 0 Å². The lowest BCUT2D eigenvalue weighted by molar-refractivity contribution is -0.118. The first-order valence-corrected chi connectivity index (χ1v) is 8.08. The monoisotopic (exact) mass is 338 g/mol. The lowest BCUT2D eigenvalue weighted by atomic mass is 10.2. The molecule has 2 saturated heterocycles. The van der Waals surface area contributed by atoms with Crippen molar-refractivity contribution in [1.82, 2.24) is 25.6 Å². The maximum atomic E-state index is 11.9. The van der Waals surface area contributed by atoms with Crippen molar-refractivity contribution in [3.63, 3.8) is 0 Å². The van der Waals surface area contributed by atoms with Crippen LogP contribution in [0.15, 0.2) is 42.4 Å². The average molecular weight is 338 g/mol. The van der Waals surface area contributed by atoms with E-state index >= 15 is 0 Å². The van der Waals surface area contributed by atoms with Crippen LogP contribution in [0.4, 0.5) is 5.95 Å². The predicted molar refractivity (Wildman–Crippen MR) is 91.2 cm³/mol. The van der Waals surface area contributed by atoms with Gasteiger partial charge < -0.3 is 20.3 Å². The molecular formula is C17H18N6O2. The lowest BCUT2D eigenvalue weighted by Gasteiger charge is -2.17. The summed E-state index contributed by atoms with van der Waals surface area (Å²) in [6, 6.07) is 7.63. The summed E-state index contributed by atoms with van der Waals surface area (Å²) in [7, 11) is 1.93. The highest BCUT2D eigenvalue weighted by atomic mass is 16.6. The minimum atomic E-state index is -0.205. The Hall–Kier alpha value is -3.00. The van der Waals surface area contributed by atoms with Gasteiger partial charge in [0.15, 0.2) is 12.5 Å². The number of nitrogens with zero attached hydrogens (tertiary/aromatic N) is 4. The van der Waals surface area contributed by atoms with E-state index in [4.69, 9.17) is 4.74 Å². The SMILES string of the molecule is CN(CCc1ccccn1)c1nccc(/C=C2\NC3OC3NC2=O)n1. The molecule has 2 fully saturated rings. The third kappa shape index (κ3) is 3.58. The fraction of sp³-hybridized carbons (Fsp3) is 0.294. The number of carbonyl (C=O) groups excluding carboxylic acids is 1. The number of rotatable bonds is 5. The predicted octanol–water partition coefficient (Wildman–Crippen LogP) is 0.293. The van der Waals surface area contributed by atoms with Crippen molar-refractivity contribution in [3.05, 3.63) is 53.7 Å². The Morgan fingerprint density at radius 1 is 1.20 bits per heavy atom. The Kier molecular flexibility index (Phi) is 4.02. The molecule has 0 bridgehead atoms. The largest absolute Gasteiger partial charge is 0.352 e. The van der Waals surface area contributed by atoms with E-state index in [1.807, 2.05) is 30.1 Å². The van der Waals surface area contributed by atoms with Gasteiger partial charge in [0.05, 0.1) is 5.69 Å². The molecule has 4 heterocycles. The topological polar surface area (TPSA) is 95.6 Å². The molecule has 2 unspecified atom stereocenters. The summed E-state index contributed by atoms with van der Waals surface area (Å²) in [6.07, 6.45) is 5.63. The molecule has 0 spiro atoms. The van der Waals surface area contributed by atoms with Gasteiger partial charge in [-0.05, 0) is 24.3 Å². The van der Waals surface area contributed by atoms with Crippen molar-refractivity contribution in [3.8, 4) is 0 Å². The number of hydrogen-bond donors (Lipinski definition) is 2. The van der Waals surface area contributed by atoms with Crippen LogP contribution in [0.2, 0.25) is 0 Å². The van der Waals surface area contributed by atoms with Crippen LogP contribution < -0.4 is 15.5 Å². The normalized spacial score (nSPS) is 22.8. The average Bonchev–Trinajstić information content (AvgIpc) is 3.39. The van der Waals surface area contributed by atoms with Crippen LogP contribution in [0, 0.1) is 0 Å². The summed E-state index contributed by atoms with van der Waals surface area (Å²) >= 11 is 0. The van der Waals surface area contributed by atoms with Gasteiger partial charge in [-0.3, -0.25) is 9.78 Å². The first-order valence-electron chi connectivity index (χ1n) is 8.08. The van der Waals surface area contributed by atoms with Gasteiger partial charge in [0.2, 0.25) is 5.95 Å². The molecule has 2 aromatic heterocycles. The van der Waals surface area contributed by atoms with E-state index in [0.717, 1.165) is 18.7 Å².